The number of ether oxygens (including phenoxy) is 17. The van der Waals surface area contributed by atoms with Crippen molar-refractivity contribution in [3.8, 4) is 0 Å². The zero-order valence-electron chi connectivity index (χ0n) is 82.8. The van der Waals surface area contributed by atoms with Crippen molar-refractivity contribution in [2.45, 2.75) is 118 Å². The van der Waals surface area contributed by atoms with Crippen LogP contribution >= 0.6 is 0 Å². The molecule has 60 heteroatoms. The highest BCUT2D eigenvalue weighted by molar-refractivity contribution is 5.92. The quantitative estimate of drug-likeness (QED) is 0.00908. The number of aliphatic hydroxyl groups is 2. The Balaban J connectivity index is -0.000000855. The maximum absolute atomic E-state index is 12.6. The Bertz CT molecular complexity index is 4010. The first-order chi connectivity index (χ1) is 68.9. The molecule has 145 heavy (non-hydrogen) atoms. The van der Waals surface area contributed by atoms with Crippen LogP contribution in [0.2, 0.25) is 0 Å². The summed E-state index contributed by atoms with van der Waals surface area (Å²) in [6, 6.07) is 10.2. The molecule has 832 valence electrons. The Morgan fingerprint density at radius 3 is 0.883 bits per heavy atom. The largest absolute Gasteiger partial charge is 0.490 e. The third-order valence-electron chi connectivity index (χ3n) is 16.4. The van der Waals surface area contributed by atoms with Crippen LogP contribution in [0.3, 0.4) is 0 Å². The van der Waals surface area contributed by atoms with E-state index in [2.05, 4.69) is 76.2 Å². The Morgan fingerprint density at radius 2 is 0.655 bits per heavy atom. The van der Waals surface area contributed by atoms with E-state index in [9.17, 15) is 112 Å². The predicted molar refractivity (Wildman–Crippen MR) is 507 cm³/mol. The molecule has 0 aliphatic carbocycles. The van der Waals surface area contributed by atoms with Gasteiger partial charge in [0, 0.05) is 102 Å². The van der Waals surface area contributed by atoms with Crippen LogP contribution in [-0.2, 0) is 114 Å². The number of nitrogens with one attached hydrogen (secondary N) is 6. The van der Waals surface area contributed by atoms with Crippen molar-refractivity contribution < 1.29 is 186 Å². The number of halogens is 4. The molecule has 14 N–H and O–H groups in total. The van der Waals surface area contributed by atoms with Gasteiger partial charge in [-0.3, -0.25) is 94.4 Å². The van der Waals surface area contributed by atoms with Gasteiger partial charge in [-0.15, -0.1) is 0 Å². The van der Waals surface area contributed by atoms with Crippen molar-refractivity contribution in [2.75, 3.05) is 281 Å². The number of anilines is 2. The van der Waals surface area contributed by atoms with Crippen LogP contribution < -0.4 is 43.4 Å². The van der Waals surface area contributed by atoms with Crippen molar-refractivity contribution >= 4 is 93.2 Å². The van der Waals surface area contributed by atoms with E-state index in [0.717, 1.165) is 24.7 Å². The van der Waals surface area contributed by atoms with E-state index in [1.807, 2.05) is 20.8 Å². The maximum Gasteiger partial charge on any atom is 0.490 e. The molecule has 0 saturated carbocycles. The first kappa shape index (κ1) is 140. The number of cyclic esters (lactones) is 2. The first-order valence-corrected chi connectivity index (χ1v) is 45.4. The zero-order chi connectivity index (χ0) is 110. The molecule has 0 aromatic heterocycles. The molecule has 0 bridgehead atoms. The summed E-state index contributed by atoms with van der Waals surface area (Å²) in [6.45, 7) is 32.6. The zero-order valence-corrected chi connectivity index (χ0v) is 82.8. The summed E-state index contributed by atoms with van der Waals surface area (Å²) < 4.78 is 132. The average Bonchev–Trinajstić information content (AvgIpc) is 1.50. The van der Waals surface area contributed by atoms with Gasteiger partial charge in [0.1, 0.15) is 17.0 Å². The minimum absolute atomic E-state index is 0.0215. The molecule has 3 aromatic rings. The molecule has 4 rings (SSSR count). The topological polar surface area (TPSA) is 761 Å². The monoisotopic (exact) mass is 2110 g/mol. The highest BCUT2D eigenvalue weighted by Crippen LogP contribution is 2.30. The highest BCUT2D eigenvalue weighted by Gasteiger charge is 2.38. The number of alkyl halides is 3. The molecule has 0 unspecified atom stereocenters. The number of aliphatic carboxylic acids is 2. The number of rotatable bonds is 73. The van der Waals surface area contributed by atoms with Gasteiger partial charge in [-0.05, 0) is 73.2 Å². The average molecular weight is 2110 g/mol. The Labute approximate surface area is 834 Å². The molecular weight excluding hydrogens is 1960 g/mol. The Hall–Kier alpha value is -11.7. The molecule has 1 aliphatic rings. The van der Waals surface area contributed by atoms with Gasteiger partial charge >= 0.3 is 41.8 Å². The summed E-state index contributed by atoms with van der Waals surface area (Å²) in [4.78, 5) is 147. The van der Waals surface area contributed by atoms with Crippen LogP contribution in [0, 0.1) is 66.5 Å². The fourth-order valence-electron chi connectivity index (χ4n) is 9.94. The van der Waals surface area contributed by atoms with E-state index in [1.54, 1.807) is 0 Å². The number of amides is 4. The van der Waals surface area contributed by atoms with Gasteiger partial charge in [0.25, 0.3) is 28.4 Å². The van der Waals surface area contributed by atoms with Crippen molar-refractivity contribution in [1.29, 1.82) is 0 Å². The van der Waals surface area contributed by atoms with Crippen LogP contribution in [0.1, 0.15) is 93.9 Å². The minimum atomic E-state index is -5.08. The van der Waals surface area contributed by atoms with Crippen molar-refractivity contribution in [3.05, 3.63) is 121 Å². The van der Waals surface area contributed by atoms with Gasteiger partial charge in [0.15, 0.2) is 0 Å². The lowest BCUT2D eigenvalue weighted by Crippen LogP contribution is -2.36. The number of alkyl carbamates (subject to hydrolysis) is 1. The lowest BCUT2D eigenvalue weighted by atomic mass is 10.2. The summed E-state index contributed by atoms with van der Waals surface area (Å²) in [7, 11) is 0. The number of hydrogen-bond donors (Lipinski definition) is 12. The van der Waals surface area contributed by atoms with Crippen molar-refractivity contribution in [3.63, 3.8) is 0 Å². The second-order valence-electron chi connectivity index (χ2n) is 29.7. The van der Waals surface area contributed by atoms with E-state index in [4.69, 9.17) is 112 Å². The van der Waals surface area contributed by atoms with E-state index in [-0.39, 0.29) is 156 Å². The van der Waals surface area contributed by atoms with Crippen LogP contribution in [-0.4, -0.2) is 397 Å². The molecule has 1 heterocycles. The van der Waals surface area contributed by atoms with Gasteiger partial charge in [-0.2, -0.15) is 17.6 Å². The predicted octanol–water partition coefficient (Wildman–Crippen LogP) is 4.72. The lowest BCUT2D eigenvalue weighted by Gasteiger charge is -2.28. The normalized spacial score (nSPS) is 11.2. The number of nitrogens with two attached hydrogens (primary N) is 2. The van der Waals surface area contributed by atoms with Crippen molar-refractivity contribution in [2.24, 2.45) is 11.5 Å². The second kappa shape index (κ2) is 92.2. The van der Waals surface area contributed by atoms with Crippen LogP contribution in [0.25, 0.3) is 0 Å². The molecule has 1 aliphatic heterocycles. The number of nitro groups is 6. The molecular formula is C85H143F4N15O41. The number of esters is 2. The second-order valence-corrected chi connectivity index (χ2v) is 29.7. The standard InChI is InChI=1S/C26H43N5O13.C18H26N4O10.C13H28N2O5.C8H19NO4.C8H19N.C6H3FN2O4.C4H4O3.C2HF3O2/c32-8-12-42-16-20-44-19-15-41-11-7-29-26(34)4-3-25(33)28-6-10-40-14-18-43-17-13-39-9-5-27-23-2-1-22(30(35)36)21-24(23)31(37)38;23-17(3-4-18(24)25)20-6-8-31-10-12-32-11-9-30-7-5-19-15-2-1-14(21(26)27)13-16(15)22(28)29;1-13(2,3)20-12(16)15-5-7-18-9-11-19-10-8-17-6-4-14;9-1-3-11-5-7-13-8-6-12-4-2-10;1-6-9(7(2)3)8(4)5;7-5-2-1-4(8(10)11)3-6(5)9(12)13;5-3-1-2-4(6)7-3;3-2(4,5)1(6)7/h1-2,21,27,32H,3-20H2,(H,28,33)(H,29,34);1-2,13,19H,3-12H2,(H,20,23)(H,24,25);4-11,14H2,1-3H3,(H,15,16);10H,1-9H2;7-8H,6H2,1-5H3;1-3H;1-2H2;(H,6,7). The molecule has 3 aromatic carbocycles. The molecule has 1 fully saturated rings. The fraction of sp³-hybridized carbons (Fsp3) is 0.694. The summed E-state index contributed by atoms with van der Waals surface area (Å²) in [5, 5.41) is 113. The molecule has 0 radical (unpaired) electrons. The Kier molecular flexibility index (Phi) is 88.8. The van der Waals surface area contributed by atoms with Gasteiger partial charge in [0.2, 0.25) is 23.5 Å². The van der Waals surface area contributed by atoms with Crippen LogP contribution in [0.15, 0.2) is 54.6 Å². The van der Waals surface area contributed by atoms with Gasteiger partial charge in [-0.1, -0.05) is 6.92 Å². The number of nitrogens with zero attached hydrogens (tertiary/aromatic N) is 7. The number of non-ortho nitro benzene ring substituents is 3. The summed E-state index contributed by atoms with van der Waals surface area (Å²) >= 11 is 0. The van der Waals surface area contributed by atoms with E-state index < -0.39 is 88.5 Å². The number of carboxylic acid groups (broad SMARTS) is 2. The maximum atomic E-state index is 12.6. The summed E-state index contributed by atoms with van der Waals surface area (Å²) in [6.07, 6.45) is -5.16. The summed E-state index contributed by atoms with van der Waals surface area (Å²) in [5.41, 5.74) is 7.43. The third kappa shape index (κ3) is 88.6. The lowest BCUT2D eigenvalue weighted by molar-refractivity contribution is -0.395. The van der Waals surface area contributed by atoms with Gasteiger partial charge in [-0.25, -0.2) is 9.59 Å². The van der Waals surface area contributed by atoms with Crippen LogP contribution in [0.4, 0.5) is 67.9 Å². The number of carbonyl (C=O) groups excluding carboxylic acids is 6. The highest BCUT2D eigenvalue weighted by atomic mass is 19.4. The van der Waals surface area contributed by atoms with E-state index >= 15 is 0 Å². The minimum Gasteiger partial charge on any atom is -0.481 e. The van der Waals surface area contributed by atoms with Gasteiger partial charge < -0.3 is 144 Å². The number of aliphatic hydroxyl groups excluding tert-OH is 2. The molecule has 1 saturated heterocycles. The number of benzene rings is 3. The Morgan fingerprint density at radius 1 is 0.400 bits per heavy atom. The van der Waals surface area contributed by atoms with E-state index in [1.165, 1.54) is 24.3 Å². The molecule has 4 amide bonds. The molecule has 0 spiro atoms. The molecule has 56 nitrogen and oxygen atoms in total. The first-order valence-electron chi connectivity index (χ1n) is 45.4. The smallest absolute Gasteiger partial charge is 0.481 e. The number of carbonyl (C=O) groups is 8. The third-order valence-corrected chi connectivity index (χ3v) is 16.4. The van der Waals surface area contributed by atoms with Crippen LogP contribution in [0.5, 0.6) is 0 Å². The SMILES string of the molecule is CC(C)(C)OC(=O)NCCOCCOCCOCCN.CCN(C(C)C)C(C)C.NCCOCCOCCOCCO.O=C(CCC(=O)NCCOCCOCCOCCNc1ccc([N+](=O)[O-])cc1[N+](=O)[O-])NCCOCCOCCOCCO.O=C(O)C(F)(F)F.O=C(O)CCC(=O)NCCOCCOCCOCCNc1ccc([N+](=O)[O-])cc1[N+](=O)[O-].O=C1CCC(=O)O1.O=[N+]([O-])c1ccc(F)c([N+](=O)[O-])c1. The fourth-order valence-corrected chi connectivity index (χ4v) is 9.94. The number of carboxylic acids is 2. The molecule has 0 atom stereocenters. The van der Waals surface area contributed by atoms with E-state index in [0.29, 0.717) is 222 Å². The van der Waals surface area contributed by atoms with Crippen molar-refractivity contribution in [1.82, 2.24) is 26.2 Å². The van der Waals surface area contributed by atoms with Gasteiger partial charge in [0.05, 0.1) is 278 Å². The summed E-state index contributed by atoms with van der Waals surface area (Å²) in [5.74, 6) is -6.52. The number of hydrogen-bond acceptors (Lipinski definition) is 44. The number of nitro benzene ring substituents is 6.